The van der Waals surface area contributed by atoms with Gasteiger partial charge in [-0.1, -0.05) is 23.1 Å². The Morgan fingerprint density at radius 2 is 2.04 bits per heavy atom. The predicted octanol–water partition coefficient (Wildman–Crippen LogP) is 1.04. The van der Waals surface area contributed by atoms with Crippen LogP contribution in [0.2, 0.25) is 0 Å². The van der Waals surface area contributed by atoms with Crippen molar-refractivity contribution in [1.29, 1.82) is 0 Å². The monoisotopic (exact) mass is 370 g/mol. The van der Waals surface area contributed by atoms with Gasteiger partial charge in [0.1, 0.15) is 5.01 Å². The third-order valence-corrected chi connectivity index (χ3v) is 6.23. The van der Waals surface area contributed by atoms with Gasteiger partial charge in [0.15, 0.2) is 4.34 Å². The number of likely N-dealkylation sites (tertiary alicyclic amines) is 1. The number of hydrogen-bond donors (Lipinski definition) is 0. The van der Waals surface area contributed by atoms with Gasteiger partial charge in [-0.25, -0.2) is 0 Å². The molecule has 3 heterocycles. The van der Waals surface area contributed by atoms with Crippen LogP contribution in [0, 0.1) is 12.8 Å². The summed E-state index contributed by atoms with van der Waals surface area (Å²) in [6, 6.07) is 0. The van der Waals surface area contributed by atoms with E-state index in [1.807, 2.05) is 16.7 Å². The minimum Gasteiger partial charge on any atom is -0.378 e. The average Bonchev–Trinajstić information content (AvgIpc) is 3.05. The molecular weight excluding hydrogens is 348 g/mol. The van der Waals surface area contributed by atoms with Gasteiger partial charge in [-0.3, -0.25) is 9.59 Å². The lowest BCUT2D eigenvalue weighted by Gasteiger charge is -2.36. The minimum atomic E-state index is -0.0745. The van der Waals surface area contributed by atoms with Crippen molar-refractivity contribution in [2.24, 2.45) is 5.92 Å². The lowest BCUT2D eigenvalue weighted by atomic mass is 9.96. The number of carbonyl (C=O) groups is 2. The molecule has 0 N–H and O–H groups in total. The molecule has 2 fully saturated rings. The van der Waals surface area contributed by atoms with Crippen LogP contribution < -0.4 is 0 Å². The van der Waals surface area contributed by atoms with Crippen LogP contribution in [0.4, 0.5) is 0 Å². The van der Waals surface area contributed by atoms with Gasteiger partial charge in [-0.2, -0.15) is 0 Å². The summed E-state index contributed by atoms with van der Waals surface area (Å²) in [5, 5.41) is 8.88. The van der Waals surface area contributed by atoms with Gasteiger partial charge < -0.3 is 14.5 Å². The van der Waals surface area contributed by atoms with Crippen molar-refractivity contribution in [3.8, 4) is 0 Å². The first-order valence-electron chi connectivity index (χ1n) is 8.20. The second kappa shape index (κ2) is 8.26. The Morgan fingerprint density at radius 3 is 2.75 bits per heavy atom. The zero-order valence-corrected chi connectivity index (χ0v) is 15.4. The lowest BCUT2D eigenvalue weighted by Crippen LogP contribution is -2.49. The van der Waals surface area contributed by atoms with E-state index in [9.17, 15) is 9.59 Å². The Hall–Kier alpha value is -1.19. The summed E-state index contributed by atoms with van der Waals surface area (Å²) in [5.41, 5.74) is 0. The maximum absolute atomic E-state index is 12.6. The molecule has 0 spiro atoms. The molecule has 24 heavy (non-hydrogen) atoms. The molecule has 2 saturated heterocycles. The smallest absolute Gasteiger partial charge is 0.233 e. The van der Waals surface area contributed by atoms with Crippen molar-refractivity contribution in [3.05, 3.63) is 5.01 Å². The van der Waals surface area contributed by atoms with E-state index in [0.29, 0.717) is 38.6 Å². The number of rotatable bonds is 4. The number of nitrogens with zero attached hydrogens (tertiary/aromatic N) is 4. The van der Waals surface area contributed by atoms with E-state index in [2.05, 4.69) is 10.2 Å². The van der Waals surface area contributed by atoms with E-state index >= 15 is 0 Å². The number of aryl methyl sites for hydroxylation is 1. The predicted molar refractivity (Wildman–Crippen MR) is 92.1 cm³/mol. The second-order valence-corrected chi connectivity index (χ2v) is 8.40. The van der Waals surface area contributed by atoms with Crippen LogP contribution in [-0.2, 0) is 14.3 Å². The molecule has 1 atom stereocenters. The zero-order chi connectivity index (χ0) is 16.9. The molecule has 0 radical (unpaired) electrons. The van der Waals surface area contributed by atoms with E-state index in [4.69, 9.17) is 4.74 Å². The Kier molecular flexibility index (Phi) is 6.07. The van der Waals surface area contributed by atoms with Crippen molar-refractivity contribution in [1.82, 2.24) is 20.0 Å². The highest BCUT2D eigenvalue weighted by Crippen LogP contribution is 2.24. The van der Waals surface area contributed by atoms with Gasteiger partial charge in [-0.15, -0.1) is 10.2 Å². The Morgan fingerprint density at radius 1 is 1.25 bits per heavy atom. The number of amides is 2. The minimum absolute atomic E-state index is 0.0745. The fraction of sp³-hybridized carbons (Fsp3) is 0.733. The highest BCUT2D eigenvalue weighted by Gasteiger charge is 2.31. The van der Waals surface area contributed by atoms with Crippen LogP contribution in [0.1, 0.15) is 17.8 Å². The van der Waals surface area contributed by atoms with Crippen LogP contribution in [0.25, 0.3) is 0 Å². The molecule has 1 aromatic rings. The quantitative estimate of drug-likeness (QED) is 0.737. The number of piperidine rings is 1. The van der Waals surface area contributed by atoms with Crippen LogP contribution in [-0.4, -0.2) is 77.0 Å². The topological polar surface area (TPSA) is 75.6 Å². The van der Waals surface area contributed by atoms with Gasteiger partial charge in [-0.05, 0) is 19.8 Å². The summed E-state index contributed by atoms with van der Waals surface area (Å²) >= 11 is 2.92. The molecule has 0 bridgehead atoms. The van der Waals surface area contributed by atoms with Crippen LogP contribution >= 0.6 is 23.1 Å². The molecule has 0 aliphatic carbocycles. The summed E-state index contributed by atoms with van der Waals surface area (Å²) in [6.45, 7) is 5.71. The molecule has 9 heteroatoms. The van der Waals surface area contributed by atoms with E-state index in [1.54, 1.807) is 0 Å². The molecule has 0 saturated carbocycles. The van der Waals surface area contributed by atoms with Gasteiger partial charge in [0.25, 0.3) is 0 Å². The van der Waals surface area contributed by atoms with Crippen molar-refractivity contribution < 1.29 is 14.3 Å². The first-order valence-corrected chi connectivity index (χ1v) is 10.0. The lowest BCUT2D eigenvalue weighted by molar-refractivity contribution is -0.143. The van der Waals surface area contributed by atoms with E-state index in [-0.39, 0.29) is 17.7 Å². The first-order chi connectivity index (χ1) is 11.6. The molecule has 1 aromatic heterocycles. The summed E-state index contributed by atoms with van der Waals surface area (Å²) in [5.74, 6) is 0.526. The van der Waals surface area contributed by atoms with Crippen molar-refractivity contribution in [3.63, 3.8) is 0 Å². The Labute approximate surface area is 149 Å². The number of ether oxygens (including phenoxy) is 1. The number of morpholine rings is 1. The third-order valence-electron chi connectivity index (χ3n) is 4.27. The van der Waals surface area contributed by atoms with Crippen LogP contribution in [0.3, 0.4) is 0 Å². The van der Waals surface area contributed by atoms with Crippen LogP contribution in [0.5, 0.6) is 0 Å². The van der Waals surface area contributed by atoms with Crippen molar-refractivity contribution in [2.45, 2.75) is 24.1 Å². The molecule has 0 aromatic carbocycles. The summed E-state index contributed by atoms with van der Waals surface area (Å²) in [7, 11) is 0. The molecule has 2 aliphatic rings. The number of hydrogen-bond acceptors (Lipinski definition) is 7. The zero-order valence-electron chi connectivity index (χ0n) is 13.8. The van der Waals surface area contributed by atoms with Gasteiger partial charge in [0.2, 0.25) is 11.8 Å². The third kappa shape index (κ3) is 4.46. The standard InChI is InChI=1S/C15H22N4O3S2/c1-11-16-17-15(24-11)23-10-13(20)19-4-2-3-12(9-19)14(21)18-5-7-22-8-6-18/h12H,2-10H2,1H3/t12-/m0/s1. The highest BCUT2D eigenvalue weighted by molar-refractivity contribution is 8.01. The number of carbonyl (C=O) groups excluding carboxylic acids is 2. The molecular formula is C15H22N4O3S2. The Bertz CT molecular complexity index is 589. The van der Waals surface area contributed by atoms with Gasteiger partial charge >= 0.3 is 0 Å². The van der Waals surface area contributed by atoms with Crippen LogP contribution in [0.15, 0.2) is 4.34 Å². The van der Waals surface area contributed by atoms with E-state index in [1.165, 1.54) is 23.1 Å². The molecule has 2 amide bonds. The largest absolute Gasteiger partial charge is 0.378 e. The second-order valence-electron chi connectivity index (χ2n) is 5.99. The van der Waals surface area contributed by atoms with Crippen molar-refractivity contribution in [2.75, 3.05) is 45.1 Å². The molecule has 2 aliphatic heterocycles. The summed E-state index contributed by atoms with van der Waals surface area (Å²) in [4.78, 5) is 28.8. The van der Waals surface area contributed by atoms with E-state index in [0.717, 1.165) is 28.7 Å². The molecule has 0 unspecified atom stereocenters. The molecule has 132 valence electrons. The number of aromatic nitrogens is 2. The fourth-order valence-corrected chi connectivity index (χ4v) is 4.72. The Balaban J connectivity index is 1.50. The number of thioether (sulfide) groups is 1. The highest BCUT2D eigenvalue weighted by atomic mass is 32.2. The van der Waals surface area contributed by atoms with Gasteiger partial charge in [0.05, 0.1) is 24.9 Å². The maximum atomic E-state index is 12.6. The van der Waals surface area contributed by atoms with Gasteiger partial charge in [0, 0.05) is 26.2 Å². The first kappa shape index (κ1) is 17.6. The molecule has 7 nitrogen and oxygen atoms in total. The van der Waals surface area contributed by atoms with E-state index < -0.39 is 0 Å². The summed E-state index contributed by atoms with van der Waals surface area (Å²) < 4.78 is 6.12. The SMILES string of the molecule is Cc1nnc(SCC(=O)N2CCC[C@H](C(=O)N3CCOCC3)C2)s1. The summed E-state index contributed by atoms with van der Waals surface area (Å²) in [6.07, 6.45) is 1.75. The maximum Gasteiger partial charge on any atom is 0.233 e. The average molecular weight is 371 g/mol. The normalized spacial score (nSPS) is 21.8. The fourth-order valence-electron chi connectivity index (χ4n) is 3.00. The molecule has 3 rings (SSSR count). The van der Waals surface area contributed by atoms with Crippen molar-refractivity contribution >= 4 is 34.9 Å².